The van der Waals surface area contributed by atoms with E-state index in [9.17, 15) is 14.4 Å². The number of aromatic nitrogens is 3. The Hall–Kier alpha value is -9.99. The van der Waals surface area contributed by atoms with Gasteiger partial charge in [0.15, 0.2) is 0 Å². The van der Waals surface area contributed by atoms with Crippen LogP contribution in [0, 0.1) is 34.6 Å². The van der Waals surface area contributed by atoms with Crippen molar-refractivity contribution < 1.29 is 57.0 Å². The molecule has 0 fully saturated rings. The van der Waals surface area contributed by atoms with E-state index in [-0.39, 0.29) is 86.5 Å². The molecule has 306 valence electrons. The van der Waals surface area contributed by atoms with Crippen molar-refractivity contribution in [2.24, 2.45) is 0 Å². The van der Waals surface area contributed by atoms with Crippen molar-refractivity contribution in [3.05, 3.63) is 162 Å². The summed E-state index contributed by atoms with van der Waals surface area (Å²) in [5.41, 5.74) is 0.567. The number of hydrogen-bond acceptors (Lipinski definition) is 18. The molecule has 1 heterocycles. The Balaban J connectivity index is 1.06. The van der Waals surface area contributed by atoms with Crippen molar-refractivity contribution in [2.75, 3.05) is 0 Å². The molecule has 0 N–H and O–H groups in total. The summed E-state index contributed by atoms with van der Waals surface area (Å²) >= 11 is 0. The molecule has 0 atom stereocenters. The Bertz CT molecular complexity index is 2550. The highest BCUT2D eigenvalue weighted by atomic mass is 16.6. The van der Waals surface area contributed by atoms with Gasteiger partial charge in [-0.1, -0.05) is 0 Å². The zero-order valence-electron chi connectivity index (χ0n) is 31.9. The van der Waals surface area contributed by atoms with E-state index in [1.807, 2.05) is 0 Å². The minimum Gasteiger partial charge on any atom is -0.424 e. The van der Waals surface area contributed by atoms with Gasteiger partial charge in [0, 0.05) is 0 Å². The summed E-state index contributed by atoms with van der Waals surface area (Å²) in [6.45, 7) is 0. The Labute approximate surface area is 355 Å². The van der Waals surface area contributed by atoms with Crippen LogP contribution in [0.4, 0.5) is 0 Å². The summed E-state index contributed by atoms with van der Waals surface area (Å²) in [7, 11) is 0. The average Bonchev–Trinajstić information content (AvgIpc) is 3.29. The lowest BCUT2D eigenvalue weighted by Crippen LogP contribution is -2.08. The summed E-state index contributed by atoms with van der Waals surface area (Å²) < 4.78 is 48.1. The largest absolute Gasteiger partial charge is 0.424 e. The molecule has 7 aromatic rings. The van der Waals surface area contributed by atoms with Gasteiger partial charge in [-0.3, -0.25) is 0 Å². The Morgan fingerprint density at radius 3 is 0.746 bits per heavy atom. The number of ether oxygens (including phenoxy) is 9. The summed E-state index contributed by atoms with van der Waals surface area (Å²) in [6, 6.07) is 34.4. The highest BCUT2D eigenvalue weighted by molar-refractivity contribution is 5.92. The minimum absolute atomic E-state index is 0.189. The highest BCUT2D eigenvalue weighted by Gasteiger charge is 2.17. The van der Waals surface area contributed by atoms with E-state index in [1.165, 1.54) is 146 Å². The summed E-state index contributed by atoms with van der Waals surface area (Å²) in [6.07, 6.45) is 4.68. The van der Waals surface area contributed by atoms with Crippen molar-refractivity contribution in [1.29, 1.82) is 15.8 Å². The quantitative estimate of drug-likeness (QED) is 0.0533. The normalized spacial score (nSPS) is 10.0. The van der Waals surface area contributed by atoms with Crippen LogP contribution in [0.1, 0.15) is 31.1 Å². The van der Waals surface area contributed by atoms with Gasteiger partial charge in [0.25, 0.3) is 18.8 Å². The fourth-order valence-electron chi connectivity index (χ4n) is 5.13. The van der Waals surface area contributed by atoms with Crippen LogP contribution in [0.25, 0.3) is 0 Å². The smallest absolute Gasteiger partial charge is 0.343 e. The van der Waals surface area contributed by atoms with Gasteiger partial charge in [0.05, 0.1) is 16.7 Å². The van der Waals surface area contributed by atoms with Crippen LogP contribution in [0.5, 0.6) is 69.8 Å². The maximum absolute atomic E-state index is 12.8. The third-order valence-electron chi connectivity index (χ3n) is 8.06. The van der Waals surface area contributed by atoms with Crippen LogP contribution >= 0.6 is 0 Å². The minimum atomic E-state index is -0.665. The van der Waals surface area contributed by atoms with Crippen LogP contribution in [-0.4, -0.2) is 32.9 Å². The summed E-state index contributed by atoms with van der Waals surface area (Å²) in [5.74, 6) is 0.162. The molecule has 6 aromatic carbocycles. The van der Waals surface area contributed by atoms with Crippen molar-refractivity contribution in [3.8, 4) is 88.5 Å². The van der Waals surface area contributed by atoms with Gasteiger partial charge >= 0.3 is 35.9 Å². The van der Waals surface area contributed by atoms with Gasteiger partial charge in [0.2, 0.25) is 0 Å². The Kier molecular flexibility index (Phi) is 12.8. The topological polar surface area (TPSA) is 244 Å². The second-order valence-corrected chi connectivity index (χ2v) is 12.2. The van der Waals surface area contributed by atoms with Gasteiger partial charge < -0.3 is 42.6 Å². The Morgan fingerprint density at radius 1 is 0.317 bits per heavy atom. The molecule has 63 heavy (non-hydrogen) atoms. The van der Waals surface area contributed by atoms with Crippen LogP contribution < -0.4 is 42.6 Å². The summed E-state index contributed by atoms with van der Waals surface area (Å²) in [4.78, 5) is 51.1. The van der Waals surface area contributed by atoms with Gasteiger partial charge in [-0.05, 0) is 146 Å². The second-order valence-electron chi connectivity index (χ2n) is 12.2. The molecule has 0 aliphatic rings. The molecule has 7 rings (SSSR count). The molecular formula is C45H24N6O12. The first-order chi connectivity index (χ1) is 30.7. The third-order valence-corrected chi connectivity index (χ3v) is 8.06. The van der Waals surface area contributed by atoms with E-state index >= 15 is 0 Å². The predicted octanol–water partition coefficient (Wildman–Crippen LogP) is 8.49. The lowest BCUT2D eigenvalue weighted by atomic mass is 10.2. The van der Waals surface area contributed by atoms with E-state index < -0.39 is 17.9 Å². The second kappa shape index (κ2) is 19.6. The first-order valence-corrected chi connectivity index (χ1v) is 18.0. The fraction of sp³-hybridized carbons (Fsp3) is 0. The van der Waals surface area contributed by atoms with Crippen LogP contribution in [-0.2, 0) is 0 Å². The van der Waals surface area contributed by atoms with E-state index in [4.69, 9.17) is 58.4 Å². The molecule has 0 saturated heterocycles. The molecule has 0 aliphatic carbocycles. The monoisotopic (exact) mass is 840 g/mol. The van der Waals surface area contributed by atoms with Crippen molar-refractivity contribution >= 4 is 17.9 Å². The van der Waals surface area contributed by atoms with Crippen molar-refractivity contribution in [1.82, 2.24) is 15.0 Å². The van der Waals surface area contributed by atoms with Gasteiger partial charge in [-0.2, -0.15) is 0 Å². The number of carbonyl (C=O) groups excluding carboxylic acids is 3. The van der Waals surface area contributed by atoms with E-state index in [0.29, 0.717) is 0 Å². The molecule has 0 spiro atoms. The molecule has 0 unspecified atom stereocenters. The van der Waals surface area contributed by atoms with Gasteiger partial charge in [-0.15, -0.1) is 30.7 Å². The molecule has 18 heteroatoms. The lowest BCUT2D eigenvalue weighted by molar-refractivity contribution is 0.0725. The maximum atomic E-state index is 12.8. The summed E-state index contributed by atoms with van der Waals surface area (Å²) in [5, 5.41) is 26.0. The van der Waals surface area contributed by atoms with Crippen LogP contribution in [0.15, 0.2) is 146 Å². The number of esters is 3. The van der Waals surface area contributed by atoms with Crippen LogP contribution in [0.2, 0.25) is 0 Å². The zero-order chi connectivity index (χ0) is 44.0. The standard InChI is InChI=1S/C45H24N6O12/c46-25-55-31-13-19-34(20-14-31)58-40(52)28-1-7-37(8-2-28)61-43-49-44(62-38-9-3-29(4-10-38)41(53)59-35-21-15-32(16-22-35)56-26-47)51-45(50-43)63-39-11-5-30(6-12-39)42(54)60-36-23-17-33(18-24-36)57-27-48/h1-24H. The molecule has 18 nitrogen and oxygen atoms in total. The third kappa shape index (κ3) is 11.4. The predicted molar refractivity (Wildman–Crippen MR) is 212 cm³/mol. The molecule has 0 radical (unpaired) electrons. The Morgan fingerprint density at radius 2 is 0.524 bits per heavy atom. The SMILES string of the molecule is N#COc1ccc(OC(=O)c2ccc(Oc3nc(Oc4ccc(C(=O)Oc5ccc(OC#N)cc5)cc4)nc(Oc4ccc(C(=O)Oc5ccc(OC#N)cc5)cc4)n3)cc2)cc1. The molecule has 0 amide bonds. The van der Waals surface area contributed by atoms with Crippen LogP contribution in [0.3, 0.4) is 0 Å². The van der Waals surface area contributed by atoms with Crippen molar-refractivity contribution in [3.63, 3.8) is 0 Å². The number of benzene rings is 6. The van der Waals surface area contributed by atoms with E-state index in [0.717, 1.165) is 0 Å². The van der Waals surface area contributed by atoms with Gasteiger partial charge in [0.1, 0.15) is 51.7 Å². The molecule has 0 bridgehead atoms. The number of hydrogen-bond donors (Lipinski definition) is 0. The first-order valence-electron chi connectivity index (χ1n) is 18.0. The van der Waals surface area contributed by atoms with Crippen molar-refractivity contribution in [2.45, 2.75) is 0 Å². The molecule has 0 aliphatic heterocycles. The zero-order valence-corrected chi connectivity index (χ0v) is 31.9. The number of nitriles is 3. The maximum Gasteiger partial charge on any atom is 0.343 e. The number of carbonyl (C=O) groups is 3. The number of rotatable bonds is 15. The van der Waals surface area contributed by atoms with E-state index in [1.54, 1.807) is 18.8 Å². The van der Waals surface area contributed by atoms with E-state index in [2.05, 4.69) is 15.0 Å². The number of nitrogens with zero attached hydrogens (tertiary/aromatic N) is 6. The fourth-order valence-corrected chi connectivity index (χ4v) is 5.13. The molecule has 1 aromatic heterocycles. The molecular weight excluding hydrogens is 817 g/mol. The van der Waals surface area contributed by atoms with Gasteiger partial charge in [-0.25, -0.2) is 14.4 Å². The average molecular weight is 841 g/mol. The lowest BCUT2D eigenvalue weighted by Gasteiger charge is -2.11. The molecule has 0 saturated carbocycles. The highest BCUT2D eigenvalue weighted by Crippen LogP contribution is 2.29. The first kappa shape index (κ1) is 41.2.